The Hall–Kier alpha value is -2.62. The first-order valence-corrected chi connectivity index (χ1v) is 10.0. The van der Waals surface area contributed by atoms with Gasteiger partial charge < -0.3 is 15.2 Å². The van der Waals surface area contributed by atoms with Gasteiger partial charge in [-0.15, -0.1) is 0 Å². The molecule has 0 unspecified atom stereocenters. The van der Waals surface area contributed by atoms with Gasteiger partial charge in [0.1, 0.15) is 12.4 Å². The molecule has 2 N–H and O–H groups in total. The van der Waals surface area contributed by atoms with E-state index >= 15 is 0 Å². The summed E-state index contributed by atoms with van der Waals surface area (Å²) in [7, 11) is 0. The lowest BCUT2D eigenvalue weighted by atomic mass is 9.88. The quantitative estimate of drug-likeness (QED) is 0.643. The Morgan fingerprint density at radius 3 is 2.39 bits per heavy atom. The zero-order valence-electron chi connectivity index (χ0n) is 16.1. The lowest BCUT2D eigenvalue weighted by Crippen LogP contribution is -2.37. The van der Waals surface area contributed by atoms with Crippen LogP contribution in [-0.2, 0) is 19.4 Å². The predicted molar refractivity (Wildman–Crippen MR) is 112 cm³/mol. The second-order valence-electron chi connectivity index (χ2n) is 7.48. The Bertz CT molecular complexity index is 877. The minimum absolute atomic E-state index is 0.429. The Labute approximate surface area is 167 Å². The van der Waals surface area contributed by atoms with Crippen molar-refractivity contribution in [3.63, 3.8) is 0 Å². The molecule has 0 radical (unpaired) electrons. The number of ether oxygens (including phenoxy) is 1. The van der Waals surface area contributed by atoms with Crippen LogP contribution in [0.2, 0.25) is 0 Å². The summed E-state index contributed by atoms with van der Waals surface area (Å²) in [4.78, 5) is 0. The molecule has 1 aliphatic carbocycles. The van der Waals surface area contributed by atoms with Gasteiger partial charge in [0.2, 0.25) is 0 Å². The SMILES string of the molecule is O[C@H](CN[C@H]1CCc2ccccc2C1)c1ccc(OCc2ccccc2)cc1. The lowest BCUT2D eigenvalue weighted by molar-refractivity contribution is 0.168. The first-order chi connectivity index (χ1) is 13.8. The van der Waals surface area contributed by atoms with Crippen LogP contribution in [-0.4, -0.2) is 17.7 Å². The number of hydrogen-bond acceptors (Lipinski definition) is 3. The zero-order chi connectivity index (χ0) is 19.2. The summed E-state index contributed by atoms with van der Waals surface area (Å²) in [6, 6.07) is 27.0. The van der Waals surface area contributed by atoms with Gasteiger partial charge >= 0.3 is 0 Å². The molecule has 0 saturated carbocycles. The molecular formula is C25H27NO2. The van der Waals surface area contributed by atoms with Gasteiger partial charge in [-0.05, 0) is 53.6 Å². The van der Waals surface area contributed by atoms with E-state index in [9.17, 15) is 5.11 Å². The van der Waals surface area contributed by atoms with E-state index in [2.05, 4.69) is 29.6 Å². The van der Waals surface area contributed by atoms with Crippen LogP contribution in [0, 0.1) is 0 Å². The van der Waals surface area contributed by atoms with Gasteiger partial charge in [0.15, 0.2) is 0 Å². The molecule has 1 aliphatic rings. The highest BCUT2D eigenvalue weighted by Gasteiger charge is 2.19. The van der Waals surface area contributed by atoms with Crippen LogP contribution in [0.4, 0.5) is 0 Å². The summed E-state index contributed by atoms with van der Waals surface area (Å²) in [5.41, 5.74) is 4.95. The van der Waals surface area contributed by atoms with E-state index in [1.807, 2.05) is 54.6 Å². The summed E-state index contributed by atoms with van der Waals surface area (Å²) in [5, 5.41) is 14.1. The Morgan fingerprint density at radius 1 is 0.893 bits per heavy atom. The molecule has 3 aromatic rings. The summed E-state index contributed by atoms with van der Waals surface area (Å²) in [6.07, 6.45) is 2.75. The minimum Gasteiger partial charge on any atom is -0.489 e. The van der Waals surface area contributed by atoms with E-state index in [0.717, 1.165) is 36.1 Å². The fourth-order valence-electron chi connectivity index (χ4n) is 3.80. The number of nitrogens with one attached hydrogen (secondary N) is 1. The summed E-state index contributed by atoms with van der Waals surface area (Å²) in [6.45, 7) is 1.12. The Balaban J connectivity index is 1.26. The molecule has 0 heterocycles. The molecule has 28 heavy (non-hydrogen) atoms. The average Bonchev–Trinajstić information content (AvgIpc) is 2.77. The molecule has 0 amide bonds. The highest BCUT2D eigenvalue weighted by atomic mass is 16.5. The highest BCUT2D eigenvalue weighted by Crippen LogP contribution is 2.22. The van der Waals surface area contributed by atoms with E-state index in [0.29, 0.717) is 19.2 Å². The van der Waals surface area contributed by atoms with Gasteiger partial charge in [0, 0.05) is 12.6 Å². The largest absolute Gasteiger partial charge is 0.489 e. The van der Waals surface area contributed by atoms with E-state index in [4.69, 9.17) is 4.74 Å². The second-order valence-corrected chi connectivity index (χ2v) is 7.48. The monoisotopic (exact) mass is 373 g/mol. The predicted octanol–water partition coefficient (Wildman–Crippen LogP) is 4.45. The number of aliphatic hydroxyl groups excluding tert-OH is 1. The van der Waals surface area contributed by atoms with Gasteiger partial charge in [-0.3, -0.25) is 0 Å². The number of hydrogen-bond donors (Lipinski definition) is 2. The summed E-state index contributed by atoms with van der Waals surface area (Å²) >= 11 is 0. The van der Waals surface area contributed by atoms with Crippen molar-refractivity contribution in [1.82, 2.24) is 5.32 Å². The van der Waals surface area contributed by atoms with Gasteiger partial charge in [0.05, 0.1) is 6.10 Å². The van der Waals surface area contributed by atoms with Crippen molar-refractivity contribution in [2.24, 2.45) is 0 Å². The van der Waals surface area contributed by atoms with E-state index in [1.54, 1.807) is 0 Å². The maximum absolute atomic E-state index is 10.5. The van der Waals surface area contributed by atoms with E-state index in [1.165, 1.54) is 11.1 Å². The molecule has 0 bridgehead atoms. The van der Waals surface area contributed by atoms with Crippen molar-refractivity contribution in [1.29, 1.82) is 0 Å². The third-order valence-electron chi connectivity index (χ3n) is 5.46. The van der Waals surface area contributed by atoms with Crippen LogP contribution in [0.1, 0.15) is 34.8 Å². The molecule has 0 fully saturated rings. The highest BCUT2D eigenvalue weighted by molar-refractivity contribution is 5.31. The fraction of sp³-hybridized carbons (Fsp3) is 0.280. The second kappa shape index (κ2) is 9.05. The van der Waals surface area contributed by atoms with Crippen molar-refractivity contribution in [2.75, 3.05) is 6.54 Å². The van der Waals surface area contributed by atoms with Crippen LogP contribution in [0.25, 0.3) is 0 Å². The van der Waals surface area contributed by atoms with E-state index in [-0.39, 0.29) is 0 Å². The van der Waals surface area contributed by atoms with Crippen LogP contribution in [0.15, 0.2) is 78.9 Å². The van der Waals surface area contributed by atoms with Gasteiger partial charge in [0.25, 0.3) is 0 Å². The van der Waals surface area contributed by atoms with Crippen LogP contribution in [0.3, 0.4) is 0 Å². The van der Waals surface area contributed by atoms with Crippen LogP contribution in [0.5, 0.6) is 5.75 Å². The van der Waals surface area contributed by atoms with Crippen molar-refractivity contribution in [3.8, 4) is 5.75 Å². The van der Waals surface area contributed by atoms with Crippen LogP contribution < -0.4 is 10.1 Å². The molecule has 4 rings (SSSR count). The number of aryl methyl sites for hydroxylation is 1. The summed E-state index contributed by atoms with van der Waals surface area (Å²) in [5.74, 6) is 0.816. The molecule has 144 valence electrons. The van der Waals surface area contributed by atoms with Gasteiger partial charge in [-0.2, -0.15) is 0 Å². The lowest BCUT2D eigenvalue weighted by Gasteiger charge is -2.26. The standard InChI is InChI=1S/C25H27NO2/c27-25(17-26-23-13-10-20-8-4-5-9-22(20)16-23)21-11-14-24(15-12-21)28-18-19-6-2-1-3-7-19/h1-9,11-12,14-15,23,25-27H,10,13,16-18H2/t23-,25+/m0/s1. The van der Waals surface area contributed by atoms with Gasteiger partial charge in [-0.1, -0.05) is 66.7 Å². The van der Waals surface area contributed by atoms with Crippen molar-refractivity contribution in [2.45, 2.75) is 38.0 Å². The molecule has 0 aliphatic heterocycles. The first kappa shape index (κ1) is 18.7. The molecule has 0 saturated heterocycles. The molecule has 2 atom stereocenters. The average molecular weight is 373 g/mol. The Kier molecular flexibility index (Phi) is 6.05. The number of aliphatic hydroxyl groups is 1. The molecule has 3 heteroatoms. The molecular weight excluding hydrogens is 346 g/mol. The number of fused-ring (bicyclic) bond motifs is 1. The third-order valence-corrected chi connectivity index (χ3v) is 5.46. The van der Waals surface area contributed by atoms with Crippen molar-refractivity contribution < 1.29 is 9.84 Å². The molecule has 0 aromatic heterocycles. The maximum Gasteiger partial charge on any atom is 0.119 e. The number of benzene rings is 3. The third kappa shape index (κ3) is 4.80. The number of rotatable bonds is 7. The topological polar surface area (TPSA) is 41.5 Å². The molecule has 3 aromatic carbocycles. The smallest absolute Gasteiger partial charge is 0.119 e. The summed E-state index contributed by atoms with van der Waals surface area (Å²) < 4.78 is 5.82. The normalized spacial score (nSPS) is 17.0. The van der Waals surface area contributed by atoms with Crippen molar-refractivity contribution in [3.05, 3.63) is 101 Å². The van der Waals surface area contributed by atoms with Crippen LogP contribution >= 0.6 is 0 Å². The zero-order valence-corrected chi connectivity index (χ0v) is 16.1. The maximum atomic E-state index is 10.5. The van der Waals surface area contributed by atoms with Gasteiger partial charge in [-0.25, -0.2) is 0 Å². The Morgan fingerprint density at radius 2 is 1.61 bits per heavy atom. The van der Waals surface area contributed by atoms with E-state index < -0.39 is 6.10 Å². The first-order valence-electron chi connectivity index (χ1n) is 10.0. The minimum atomic E-state index is -0.514. The van der Waals surface area contributed by atoms with Crippen molar-refractivity contribution >= 4 is 0 Å². The molecule has 0 spiro atoms. The fourth-order valence-corrected chi connectivity index (χ4v) is 3.80. The molecule has 3 nitrogen and oxygen atoms in total.